The first-order valence-corrected chi connectivity index (χ1v) is 6.65. The lowest BCUT2D eigenvalue weighted by Gasteiger charge is -2.08. The Hall–Kier alpha value is -1.81. The Morgan fingerprint density at radius 3 is 2.58 bits per heavy atom. The maximum atomic E-state index is 11.9. The van der Waals surface area contributed by atoms with Crippen LogP contribution in [-0.4, -0.2) is 13.0 Å². The minimum Gasteiger partial charge on any atom is -0.496 e. The second-order valence-electron chi connectivity index (χ2n) is 4.06. The van der Waals surface area contributed by atoms with Crippen LogP contribution in [0.4, 0.5) is 5.69 Å². The third-order valence-electron chi connectivity index (χ3n) is 2.64. The molecule has 0 saturated carbocycles. The first kappa shape index (κ1) is 13.6. The van der Waals surface area contributed by atoms with Crippen LogP contribution in [0.3, 0.4) is 0 Å². The van der Waals surface area contributed by atoms with Crippen LogP contribution in [-0.2, 0) is 11.2 Å². The Bertz CT molecular complexity index is 570. The van der Waals surface area contributed by atoms with Gasteiger partial charge < -0.3 is 10.1 Å². The fraction of sp³-hybridized carbons (Fsp3) is 0.133. The fourth-order valence-electron chi connectivity index (χ4n) is 1.73. The number of amides is 1. The highest BCUT2D eigenvalue weighted by Gasteiger charge is 2.06. The molecule has 2 rings (SSSR count). The lowest BCUT2D eigenvalue weighted by molar-refractivity contribution is -0.115. The average Bonchev–Trinajstić information content (AvgIpc) is 2.40. The van der Waals surface area contributed by atoms with Crippen molar-refractivity contribution in [1.29, 1.82) is 0 Å². The van der Waals surface area contributed by atoms with E-state index in [1.807, 2.05) is 48.5 Å². The van der Waals surface area contributed by atoms with E-state index in [2.05, 4.69) is 21.2 Å². The van der Waals surface area contributed by atoms with E-state index in [0.717, 1.165) is 21.5 Å². The van der Waals surface area contributed by atoms with E-state index < -0.39 is 0 Å². The number of methoxy groups -OCH3 is 1. The van der Waals surface area contributed by atoms with Gasteiger partial charge in [-0.3, -0.25) is 4.79 Å². The number of nitrogens with one attached hydrogen (secondary N) is 1. The molecule has 0 aliphatic rings. The SMILES string of the molecule is COc1ccc(NC(=O)Cc2ccccc2)cc1Br. The summed E-state index contributed by atoms with van der Waals surface area (Å²) in [4.78, 5) is 11.9. The zero-order valence-electron chi connectivity index (χ0n) is 10.5. The van der Waals surface area contributed by atoms with Crippen molar-refractivity contribution in [2.24, 2.45) is 0 Å². The van der Waals surface area contributed by atoms with Crippen molar-refractivity contribution in [3.8, 4) is 5.75 Å². The standard InChI is InChI=1S/C15H14BrNO2/c1-19-14-8-7-12(10-13(14)16)17-15(18)9-11-5-3-2-4-6-11/h2-8,10H,9H2,1H3,(H,17,18). The molecule has 19 heavy (non-hydrogen) atoms. The Morgan fingerprint density at radius 1 is 1.21 bits per heavy atom. The largest absolute Gasteiger partial charge is 0.496 e. The molecule has 98 valence electrons. The molecule has 0 aliphatic carbocycles. The molecular formula is C15H14BrNO2. The number of carbonyl (C=O) groups is 1. The van der Waals surface area contributed by atoms with Crippen LogP contribution in [0.1, 0.15) is 5.56 Å². The highest BCUT2D eigenvalue weighted by atomic mass is 79.9. The third-order valence-corrected chi connectivity index (χ3v) is 3.26. The van der Waals surface area contributed by atoms with Crippen LogP contribution < -0.4 is 10.1 Å². The lowest BCUT2D eigenvalue weighted by atomic mass is 10.1. The third kappa shape index (κ3) is 3.83. The van der Waals surface area contributed by atoms with E-state index >= 15 is 0 Å². The Kier molecular flexibility index (Phi) is 4.58. The van der Waals surface area contributed by atoms with E-state index in [4.69, 9.17) is 4.74 Å². The summed E-state index contributed by atoms with van der Waals surface area (Å²) in [7, 11) is 1.60. The minimum absolute atomic E-state index is 0.0386. The fourth-order valence-corrected chi connectivity index (χ4v) is 2.27. The number of halogens is 1. The molecule has 0 saturated heterocycles. The Labute approximate surface area is 120 Å². The Balaban J connectivity index is 2.01. The zero-order chi connectivity index (χ0) is 13.7. The predicted molar refractivity (Wildman–Crippen MR) is 79.5 cm³/mol. The van der Waals surface area contributed by atoms with Gasteiger partial charge in [0.2, 0.25) is 5.91 Å². The van der Waals surface area contributed by atoms with Gasteiger partial charge >= 0.3 is 0 Å². The second-order valence-corrected chi connectivity index (χ2v) is 4.91. The van der Waals surface area contributed by atoms with Crippen LogP contribution in [0.15, 0.2) is 53.0 Å². The molecule has 0 bridgehead atoms. The van der Waals surface area contributed by atoms with Crippen molar-refractivity contribution < 1.29 is 9.53 Å². The van der Waals surface area contributed by atoms with Gasteiger partial charge in [0.25, 0.3) is 0 Å². The van der Waals surface area contributed by atoms with Gasteiger partial charge in [-0.05, 0) is 39.7 Å². The minimum atomic E-state index is -0.0386. The Morgan fingerprint density at radius 2 is 1.95 bits per heavy atom. The average molecular weight is 320 g/mol. The number of hydrogen-bond donors (Lipinski definition) is 1. The molecule has 0 aromatic heterocycles. The number of anilines is 1. The summed E-state index contributed by atoms with van der Waals surface area (Å²) < 4.78 is 5.95. The number of ether oxygens (including phenoxy) is 1. The topological polar surface area (TPSA) is 38.3 Å². The van der Waals surface area contributed by atoms with Crippen molar-refractivity contribution in [1.82, 2.24) is 0 Å². The van der Waals surface area contributed by atoms with Gasteiger partial charge in [0, 0.05) is 5.69 Å². The summed E-state index contributed by atoms with van der Waals surface area (Å²) in [6.45, 7) is 0. The number of benzene rings is 2. The second kappa shape index (κ2) is 6.38. The van der Waals surface area contributed by atoms with Gasteiger partial charge in [-0.1, -0.05) is 30.3 Å². The first-order chi connectivity index (χ1) is 9.19. The van der Waals surface area contributed by atoms with Gasteiger partial charge in [0.1, 0.15) is 5.75 Å². The molecule has 2 aromatic rings. The van der Waals surface area contributed by atoms with Crippen LogP contribution in [0.2, 0.25) is 0 Å². The smallest absolute Gasteiger partial charge is 0.228 e. The molecule has 2 aromatic carbocycles. The summed E-state index contributed by atoms with van der Waals surface area (Å²) in [5.74, 6) is 0.698. The molecular weight excluding hydrogens is 306 g/mol. The summed E-state index contributed by atoms with van der Waals surface area (Å²) in [6.07, 6.45) is 0.366. The maximum absolute atomic E-state index is 11.9. The van der Waals surface area contributed by atoms with E-state index in [9.17, 15) is 4.79 Å². The molecule has 0 atom stereocenters. The number of carbonyl (C=O) groups excluding carboxylic acids is 1. The molecule has 0 aliphatic heterocycles. The summed E-state index contributed by atoms with van der Waals surface area (Å²) >= 11 is 3.39. The van der Waals surface area contributed by atoms with Crippen LogP contribution in [0.25, 0.3) is 0 Å². The van der Waals surface area contributed by atoms with Crippen molar-refractivity contribution >= 4 is 27.5 Å². The van der Waals surface area contributed by atoms with Gasteiger partial charge in [-0.2, -0.15) is 0 Å². The highest BCUT2D eigenvalue weighted by molar-refractivity contribution is 9.10. The molecule has 0 fully saturated rings. The van der Waals surface area contributed by atoms with E-state index in [-0.39, 0.29) is 5.91 Å². The molecule has 0 spiro atoms. The first-order valence-electron chi connectivity index (χ1n) is 5.86. The van der Waals surface area contributed by atoms with Gasteiger partial charge in [-0.15, -0.1) is 0 Å². The van der Waals surface area contributed by atoms with Crippen LogP contribution >= 0.6 is 15.9 Å². The molecule has 0 heterocycles. The van der Waals surface area contributed by atoms with Crippen LogP contribution in [0.5, 0.6) is 5.75 Å². The molecule has 3 nitrogen and oxygen atoms in total. The van der Waals surface area contributed by atoms with Crippen molar-refractivity contribution in [2.45, 2.75) is 6.42 Å². The predicted octanol–water partition coefficient (Wildman–Crippen LogP) is 3.64. The van der Waals surface area contributed by atoms with E-state index in [1.54, 1.807) is 7.11 Å². The summed E-state index contributed by atoms with van der Waals surface area (Å²) in [6, 6.07) is 15.1. The quantitative estimate of drug-likeness (QED) is 0.934. The lowest BCUT2D eigenvalue weighted by Crippen LogP contribution is -2.14. The molecule has 0 unspecified atom stereocenters. The number of rotatable bonds is 4. The van der Waals surface area contributed by atoms with Gasteiger partial charge in [-0.25, -0.2) is 0 Å². The molecule has 1 N–H and O–H groups in total. The van der Waals surface area contributed by atoms with E-state index in [0.29, 0.717) is 6.42 Å². The monoisotopic (exact) mass is 319 g/mol. The van der Waals surface area contributed by atoms with E-state index in [1.165, 1.54) is 0 Å². The number of hydrogen-bond acceptors (Lipinski definition) is 2. The zero-order valence-corrected chi connectivity index (χ0v) is 12.1. The van der Waals surface area contributed by atoms with Gasteiger partial charge in [0.05, 0.1) is 18.0 Å². The van der Waals surface area contributed by atoms with Crippen molar-refractivity contribution in [3.63, 3.8) is 0 Å². The molecule has 1 amide bonds. The maximum Gasteiger partial charge on any atom is 0.228 e. The normalized spacial score (nSPS) is 10.0. The van der Waals surface area contributed by atoms with Crippen molar-refractivity contribution in [3.05, 3.63) is 58.6 Å². The molecule has 4 heteroatoms. The highest BCUT2D eigenvalue weighted by Crippen LogP contribution is 2.27. The van der Waals surface area contributed by atoms with Crippen LogP contribution in [0, 0.1) is 0 Å². The summed E-state index contributed by atoms with van der Waals surface area (Å²) in [5, 5.41) is 2.86. The molecule has 0 radical (unpaired) electrons. The summed E-state index contributed by atoms with van der Waals surface area (Å²) in [5.41, 5.74) is 1.74. The van der Waals surface area contributed by atoms with Gasteiger partial charge in [0.15, 0.2) is 0 Å². The van der Waals surface area contributed by atoms with Crippen molar-refractivity contribution in [2.75, 3.05) is 12.4 Å².